The van der Waals surface area contributed by atoms with Crippen molar-refractivity contribution in [1.82, 2.24) is 4.98 Å². The van der Waals surface area contributed by atoms with Crippen LogP contribution in [0.5, 0.6) is 0 Å². The smallest absolute Gasteiger partial charge is 0.263 e. The van der Waals surface area contributed by atoms with Crippen molar-refractivity contribution in [2.45, 2.75) is 4.90 Å². The zero-order chi connectivity index (χ0) is 14.8. The quantitative estimate of drug-likeness (QED) is 0.944. The van der Waals surface area contributed by atoms with Crippen LogP contribution in [0.15, 0.2) is 41.6 Å². The lowest BCUT2D eigenvalue weighted by molar-refractivity contribution is 0.592. The molecule has 0 bridgehead atoms. The van der Waals surface area contributed by atoms with E-state index in [-0.39, 0.29) is 15.6 Å². The van der Waals surface area contributed by atoms with Crippen LogP contribution in [0.2, 0.25) is 5.02 Å². The van der Waals surface area contributed by atoms with Gasteiger partial charge in [0, 0.05) is 6.20 Å². The SMILES string of the molecule is N#Cc1ccc(NS(=O)(=O)c2cncc(F)c2)c(Cl)c1. The van der Waals surface area contributed by atoms with Crippen molar-refractivity contribution in [2.75, 3.05) is 4.72 Å². The fourth-order valence-electron chi connectivity index (χ4n) is 1.41. The fourth-order valence-corrected chi connectivity index (χ4v) is 2.75. The zero-order valence-corrected chi connectivity index (χ0v) is 11.4. The number of nitrogens with zero attached hydrogens (tertiary/aromatic N) is 2. The van der Waals surface area contributed by atoms with E-state index < -0.39 is 15.8 Å². The van der Waals surface area contributed by atoms with E-state index in [1.807, 2.05) is 6.07 Å². The van der Waals surface area contributed by atoms with Crippen LogP contribution in [-0.4, -0.2) is 13.4 Å². The maximum absolute atomic E-state index is 13.0. The molecule has 0 aliphatic rings. The van der Waals surface area contributed by atoms with Crippen LogP contribution in [0.1, 0.15) is 5.56 Å². The molecule has 0 spiro atoms. The Kier molecular flexibility index (Phi) is 3.88. The first-order valence-electron chi connectivity index (χ1n) is 5.25. The lowest BCUT2D eigenvalue weighted by atomic mass is 10.2. The summed E-state index contributed by atoms with van der Waals surface area (Å²) in [5.74, 6) is -0.765. The number of halogens is 2. The molecule has 1 N–H and O–H groups in total. The van der Waals surface area contributed by atoms with E-state index in [4.69, 9.17) is 16.9 Å². The summed E-state index contributed by atoms with van der Waals surface area (Å²) >= 11 is 5.87. The van der Waals surface area contributed by atoms with E-state index in [2.05, 4.69) is 9.71 Å². The highest BCUT2D eigenvalue weighted by molar-refractivity contribution is 7.92. The minimum atomic E-state index is -4.00. The van der Waals surface area contributed by atoms with E-state index >= 15 is 0 Å². The predicted octanol–water partition coefficient (Wildman–Crippen LogP) is 2.55. The molecule has 0 unspecified atom stereocenters. The summed E-state index contributed by atoms with van der Waals surface area (Å²) in [4.78, 5) is 3.15. The third kappa shape index (κ3) is 3.04. The Morgan fingerprint density at radius 1 is 1.30 bits per heavy atom. The molecule has 0 amide bonds. The van der Waals surface area contributed by atoms with Crippen molar-refractivity contribution in [2.24, 2.45) is 0 Å². The van der Waals surface area contributed by atoms with Crippen LogP contribution >= 0.6 is 11.6 Å². The number of nitriles is 1. The molecule has 102 valence electrons. The number of hydrogen-bond acceptors (Lipinski definition) is 4. The third-order valence-electron chi connectivity index (χ3n) is 2.33. The van der Waals surface area contributed by atoms with Crippen LogP contribution in [-0.2, 0) is 10.0 Å². The molecule has 0 atom stereocenters. The summed E-state index contributed by atoms with van der Waals surface area (Å²) < 4.78 is 39.2. The highest BCUT2D eigenvalue weighted by atomic mass is 35.5. The summed E-state index contributed by atoms with van der Waals surface area (Å²) in [5.41, 5.74) is 0.389. The van der Waals surface area contributed by atoms with Crippen LogP contribution < -0.4 is 4.72 Å². The minimum absolute atomic E-state index is 0.0667. The molecule has 2 aromatic rings. The molecule has 2 rings (SSSR count). The molecule has 5 nitrogen and oxygen atoms in total. The Morgan fingerprint density at radius 2 is 2.05 bits per heavy atom. The van der Waals surface area contributed by atoms with Crippen LogP contribution in [0.4, 0.5) is 10.1 Å². The molecule has 0 saturated carbocycles. The Balaban J connectivity index is 2.36. The van der Waals surface area contributed by atoms with Gasteiger partial charge in [-0.15, -0.1) is 0 Å². The second-order valence-electron chi connectivity index (χ2n) is 3.75. The lowest BCUT2D eigenvalue weighted by Crippen LogP contribution is -2.13. The van der Waals surface area contributed by atoms with Crippen molar-refractivity contribution in [3.8, 4) is 6.07 Å². The Morgan fingerprint density at radius 3 is 2.65 bits per heavy atom. The van der Waals surface area contributed by atoms with Crippen molar-refractivity contribution in [3.05, 3.63) is 53.1 Å². The normalized spacial score (nSPS) is 10.8. The van der Waals surface area contributed by atoms with E-state index in [9.17, 15) is 12.8 Å². The monoisotopic (exact) mass is 311 g/mol. The van der Waals surface area contributed by atoms with E-state index in [1.54, 1.807) is 0 Å². The zero-order valence-electron chi connectivity index (χ0n) is 9.84. The second kappa shape index (κ2) is 5.45. The number of benzene rings is 1. The maximum atomic E-state index is 13.0. The van der Waals surface area contributed by atoms with Gasteiger partial charge in [-0.1, -0.05) is 11.6 Å². The third-order valence-corrected chi connectivity index (χ3v) is 3.98. The number of rotatable bonds is 3. The molecule has 8 heteroatoms. The van der Waals surface area contributed by atoms with Gasteiger partial charge in [0.05, 0.1) is 28.5 Å². The molecule has 20 heavy (non-hydrogen) atoms. The molecule has 0 fully saturated rings. The molecule has 1 aromatic carbocycles. The molecular weight excluding hydrogens is 305 g/mol. The molecule has 0 radical (unpaired) electrons. The van der Waals surface area contributed by atoms with Crippen molar-refractivity contribution in [1.29, 1.82) is 5.26 Å². The Hall–Kier alpha value is -2.17. The number of pyridine rings is 1. The number of aromatic nitrogens is 1. The largest absolute Gasteiger partial charge is 0.278 e. The molecule has 0 saturated heterocycles. The maximum Gasteiger partial charge on any atom is 0.263 e. The van der Waals surface area contributed by atoms with E-state index in [1.165, 1.54) is 18.2 Å². The van der Waals surface area contributed by atoms with Gasteiger partial charge in [0.15, 0.2) is 0 Å². The molecular formula is C12H7ClFN3O2S. The first kappa shape index (κ1) is 14.2. The predicted molar refractivity (Wildman–Crippen MR) is 71.2 cm³/mol. The van der Waals surface area contributed by atoms with Gasteiger partial charge in [0.2, 0.25) is 0 Å². The summed E-state index contributed by atoms with van der Waals surface area (Å²) in [6, 6.07) is 6.80. The topological polar surface area (TPSA) is 82.9 Å². The highest BCUT2D eigenvalue weighted by Gasteiger charge is 2.17. The van der Waals surface area contributed by atoms with E-state index in [0.717, 1.165) is 18.5 Å². The first-order chi connectivity index (χ1) is 9.42. The number of hydrogen-bond donors (Lipinski definition) is 1. The summed E-state index contributed by atoms with van der Waals surface area (Å²) in [6.45, 7) is 0. The molecule has 1 heterocycles. The van der Waals surface area contributed by atoms with Crippen LogP contribution in [0, 0.1) is 17.1 Å². The number of anilines is 1. The standard InChI is InChI=1S/C12H7ClFN3O2S/c13-11-3-8(5-15)1-2-12(11)17-20(18,19)10-4-9(14)6-16-7-10/h1-4,6-7,17H. The van der Waals surface area contributed by atoms with Gasteiger partial charge in [-0.05, 0) is 24.3 Å². The van der Waals surface area contributed by atoms with Gasteiger partial charge in [0.1, 0.15) is 10.7 Å². The van der Waals surface area contributed by atoms with Gasteiger partial charge in [-0.25, -0.2) is 12.8 Å². The average Bonchev–Trinajstić information content (AvgIpc) is 2.41. The Bertz CT molecular complexity index is 803. The van der Waals surface area contributed by atoms with Crippen molar-refractivity contribution in [3.63, 3.8) is 0 Å². The molecule has 1 aromatic heterocycles. The van der Waals surface area contributed by atoms with Crippen molar-refractivity contribution >= 4 is 27.3 Å². The summed E-state index contributed by atoms with van der Waals surface area (Å²) in [5, 5.41) is 8.76. The fraction of sp³-hybridized carbons (Fsp3) is 0. The van der Waals surface area contributed by atoms with Crippen molar-refractivity contribution < 1.29 is 12.8 Å². The summed E-state index contributed by atoms with van der Waals surface area (Å²) in [6.07, 6.45) is 1.91. The van der Waals surface area contributed by atoms with Gasteiger partial charge in [0.25, 0.3) is 10.0 Å². The number of nitrogens with one attached hydrogen (secondary N) is 1. The molecule has 0 aliphatic heterocycles. The number of sulfonamides is 1. The first-order valence-corrected chi connectivity index (χ1v) is 7.11. The van der Waals surface area contributed by atoms with Gasteiger partial charge in [-0.2, -0.15) is 5.26 Å². The van der Waals surface area contributed by atoms with Gasteiger partial charge >= 0.3 is 0 Å². The Labute approximate surface area is 119 Å². The van der Waals surface area contributed by atoms with Gasteiger partial charge in [-0.3, -0.25) is 9.71 Å². The highest BCUT2D eigenvalue weighted by Crippen LogP contribution is 2.25. The lowest BCUT2D eigenvalue weighted by Gasteiger charge is -2.09. The minimum Gasteiger partial charge on any atom is -0.278 e. The van der Waals surface area contributed by atoms with Crippen LogP contribution in [0.25, 0.3) is 0 Å². The molecule has 0 aliphatic carbocycles. The van der Waals surface area contributed by atoms with Gasteiger partial charge < -0.3 is 0 Å². The van der Waals surface area contributed by atoms with Crippen LogP contribution in [0.3, 0.4) is 0 Å². The second-order valence-corrected chi connectivity index (χ2v) is 5.84. The van der Waals surface area contributed by atoms with E-state index in [0.29, 0.717) is 5.56 Å². The average molecular weight is 312 g/mol. The summed E-state index contributed by atoms with van der Waals surface area (Å²) in [7, 11) is -4.00.